The van der Waals surface area contributed by atoms with Gasteiger partial charge in [0.15, 0.2) is 0 Å². The summed E-state index contributed by atoms with van der Waals surface area (Å²) in [5, 5.41) is 11.4. The van der Waals surface area contributed by atoms with E-state index in [0.717, 1.165) is 39.7 Å². The van der Waals surface area contributed by atoms with Gasteiger partial charge in [0.05, 0.1) is 11.2 Å². The molecule has 9 aromatic rings. The molecule has 0 spiro atoms. The van der Waals surface area contributed by atoms with Crippen LogP contribution in [0.5, 0.6) is 0 Å². The van der Waals surface area contributed by atoms with Gasteiger partial charge >= 0.3 is 0 Å². The van der Waals surface area contributed by atoms with Crippen LogP contribution in [0.4, 0.5) is 0 Å². The maximum atomic E-state index is 4.95. The molecule has 1 unspecified atom stereocenters. The molecular weight excluding hydrogens is 617 g/mol. The van der Waals surface area contributed by atoms with E-state index in [1.807, 2.05) is 24.5 Å². The molecule has 51 heavy (non-hydrogen) atoms. The van der Waals surface area contributed by atoms with E-state index in [2.05, 4.69) is 164 Å². The second kappa shape index (κ2) is 11.6. The fourth-order valence-corrected chi connectivity index (χ4v) is 8.30. The van der Waals surface area contributed by atoms with Gasteiger partial charge in [-0.15, -0.1) is 0 Å². The molecule has 0 saturated heterocycles. The van der Waals surface area contributed by atoms with Crippen molar-refractivity contribution < 1.29 is 0 Å². The molecule has 0 N–H and O–H groups in total. The normalized spacial score (nSPS) is 15.5. The Morgan fingerprint density at radius 3 is 2.00 bits per heavy atom. The van der Waals surface area contributed by atoms with Gasteiger partial charge < -0.3 is 0 Å². The zero-order chi connectivity index (χ0) is 33.9. The summed E-state index contributed by atoms with van der Waals surface area (Å²) in [6, 6.07) is 55.1. The Hall–Kier alpha value is -6.38. The van der Waals surface area contributed by atoms with Gasteiger partial charge in [0, 0.05) is 34.3 Å². The zero-order valence-electron chi connectivity index (χ0n) is 28.3. The molecule has 0 bridgehead atoms. The first kappa shape index (κ1) is 29.5. The third-order valence-electron chi connectivity index (χ3n) is 10.8. The molecule has 7 aromatic carbocycles. The predicted molar refractivity (Wildman–Crippen MR) is 215 cm³/mol. The molecule has 0 radical (unpaired) electrons. The fraction of sp³-hybridized carbons (Fsp3) is 0.0612. The van der Waals surface area contributed by atoms with Crippen LogP contribution in [0.3, 0.4) is 0 Å². The van der Waals surface area contributed by atoms with Crippen molar-refractivity contribution in [2.45, 2.75) is 18.8 Å². The van der Waals surface area contributed by atoms with E-state index in [4.69, 9.17) is 4.98 Å². The Kier molecular flexibility index (Phi) is 6.72. The second-order valence-corrected chi connectivity index (χ2v) is 14.1. The summed E-state index contributed by atoms with van der Waals surface area (Å²) in [6.45, 7) is 2.41. The van der Waals surface area contributed by atoms with Gasteiger partial charge in [0.1, 0.15) is 0 Å². The molecule has 0 amide bonds. The van der Waals surface area contributed by atoms with Crippen molar-refractivity contribution in [2.75, 3.05) is 0 Å². The SMILES string of the molecule is CC1(c2c3ccccc3c(-c3ccc4ccccc4c3)c3cc(-c4ccc(-c5cnc6ccccc6c5)nc4)ccc23)C=c2ccccc2=CC1. The average molecular weight is 651 g/mol. The van der Waals surface area contributed by atoms with Crippen molar-refractivity contribution >= 4 is 55.4 Å². The highest BCUT2D eigenvalue weighted by Gasteiger charge is 2.30. The van der Waals surface area contributed by atoms with Crippen LogP contribution in [0.1, 0.15) is 18.9 Å². The van der Waals surface area contributed by atoms with E-state index in [9.17, 15) is 0 Å². The maximum absolute atomic E-state index is 4.95. The van der Waals surface area contributed by atoms with Gasteiger partial charge in [-0.05, 0) is 102 Å². The van der Waals surface area contributed by atoms with Crippen LogP contribution in [-0.2, 0) is 5.41 Å². The summed E-state index contributed by atoms with van der Waals surface area (Å²) in [5.41, 5.74) is 8.86. The zero-order valence-corrected chi connectivity index (χ0v) is 28.3. The molecule has 1 atom stereocenters. The third-order valence-corrected chi connectivity index (χ3v) is 10.8. The molecule has 240 valence electrons. The average Bonchev–Trinajstić information content (AvgIpc) is 3.19. The van der Waals surface area contributed by atoms with Crippen LogP contribution in [-0.4, -0.2) is 9.97 Å². The number of rotatable bonds is 4. The summed E-state index contributed by atoms with van der Waals surface area (Å²) >= 11 is 0. The van der Waals surface area contributed by atoms with Crippen molar-refractivity contribution in [3.05, 3.63) is 180 Å². The largest absolute Gasteiger partial charge is 0.256 e. The first-order valence-corrected chi connectivity index (χ1v) is 17.7. The molecular formula is C49H34N2. The molecule has 1 aliphatic carbocycles. The van der Waals surface area contributed by atoms with Gasteiger partial charge in [-0.1, -0.05) is 140 Å². The van der Waals surface area contributed by atoms with E-state index in [1.165, 1.54) is 59.4 Å². The van der Waals surface area contributed by atoms with Crippen molar-refractivity contribution in [1.82, 2.24) is 9.97 Å². The van der Waals surface area contributed by atoms with Crippen molar-refractivity contribution in [3.8, 4) is 33.5 Å². The first-order chi connectivity index (χ1) is 25.1. The molecule has 10 rings (SSSR count). The number of benzene rings is 7. The lowest BCUT2D eigenvalue weighted by Gasteiger charge is -2.32. The van der Waals surface area contributed by atoms with Gasteiger partial charge in [-0.2, -0.15) is 0 Å². The number of fused-ring (bicyclic) bond motifs is 5. The summed E-state index contributed by atoms with van der Waals surface area (Å²) in [5.74, 6) is 0. The van der Waals surface area contributed by atoms with Crippen LogP contribution in [0.2, 0.25) is 0 Å². The van der Waals surface area contributed by atoms with Crippen molar-refractivity contribution in [1.29, 1.82) is 0 Å². The van der Waals surface area contributed by atoms with Crippen LogP contribution in [0, 0.1) is 0 Å². The molecule has 2 heterocycles. The molecule has 2 nitrogen and oxygen atoms in total. The quantitative estimate of drug-likeness (QED) is 0.177. The highest BCUT2D eigenvalue weighted by molar-refractivity contribution is 6.17. The Labute approximate surface area is 296 Å². The van der Waals surface area contributed by atoms with E-state index in [0.29, 0.717) is 0 Å². The summed E-state index contributed by atoms with van der Waals surface area (Å²) in [7, 11) is 0. The van der Waals surface area contributed by atoms with E-state index in [-0.39, 0.29) is 5.41 Å². The van der Waals surface area contributed by atoms with Crippen LogP contribution in [0.15, 0.2) is 164 Å². The maximum Gasteiger partial charge on any atom is 0.0718 e. The first-order valence-electron chi connectivity index (χ1n) is 17.7. The number of aromatic nitrogens is 2. The molecule has 1 aliphatic rings. The van der Waals surface area contributed by atoms with Gasteiger partial charge in [-0.25, -0.2) is 0 Å². The minimum atomic E-state index is -0.188. The molecule has 0 saturated carbocycles. The highest BCUT2D eigenvalue weighted by Crippen LogP contribution is 2.47. The lowest BCUT2D eigenvalue weighted by atomic mass is 9.71. The van der Waals surface area contributed by atoms with E-state index >= 15 is 0 Å². The summed E-state index contributed by atoms with van der Waals surface area (Å²) < 4.78 is 0. The monoisotopic (exact) mass is 650 g/mol. The molecule has 0 fully saturated rings. The second-order valence-electron chi connectivity index (χ2n) is 14.1. The topological polar surface area (TPSA) is 25.8 Å². The summed E-state index contributed by atoms with van der Waals surface area (Å²) in [6.07, 6.45) is 9.78. The minimum Gasteiger partial charge on any atom is -0.256 e. The molecule has 0 aliphatic heterocycles. The number of nitrogens with zero attached hydrogens (tertiary/aromatic N) is 2. The highest BCUT2D eigenvalue weighted by atomic mass is 14.7. The standard InChI is InChI=1S/C49H34N2/c1-49(25-24-33-11-3-5-14-38(33)29-49)48-42-16-8-7-15-41(42)47(37-19-18-32-10-2-4-12-34(32)26-37)44-28-35(20-22-43(44)48)39-21-23-46(50-30-39)40-27-36-13-6-9-17-45(36)51-31-40/h2-24,26-31H,25H2,1H3. The summed E-state index contributed by atoms with van der Waals surface area (Å²) in [4.78, 5) is 9.63. The van der Waals surface area contributed by atoms with Gasteiger partial charge in [0.25, 0.3) is 0 Å². The van der Waals surface area contributed by atoms with E-state index < -0.39 is 0 Å². The lowest BCUT2D eigenvalue weighted by Crippen LogP contribution is -2.34. The minimum absolute atomic E-state index is 0.188. The van der Waals surface area contributed by atoms with Gasteiger partial charge in [-0.3, -0.25) is 9.97 Å². The van der Waals surface area contributed by atoms with Crippen molar-refractivity contribution in [2.24, 2.45) is 0 Å². The number of hydrogen-bond acceptors (Lipinski definition) is 2. The lowest BCUT2D eigenvalue weighted by molar-refractivity contribution is 0.665. The molecule has 2 aromatic heterocycles. The van der Waals surface area contributed by atoms with Crippen LogP contribution in [0.25, 0.3) is 88.9 Å². The Morgan fingerprint density at radius 2 is 1.14 bits per heavy atom. The Balaban J connectivity index is 1.20. The Morgan fingerprint density at radius 1 is 0.471 bits per heavy atom. The number of pyridine rings is 2. The van der Waals surface area contributed by atoms with E-state index in [1.54, 1.807) is 0 Å². The third kappa shape index (κ3) is 4.94. The Bertz CT molecular complexity index is 2960. The van der Waals surface area contributed by atoms with Gasteiger partial charge in [0.2, 0.25) is 0 Å². The number of para-hydroxylation sites is 1. The smallest absolute Gasteiger partial charge is 0.0718 e. The number of hydrogen-bond donors (Lipinski definition) is 0. The van der Waals surface area contributed by atoms with Crippen LogP contribution >= 0.6 is 0 Å². The fourth-order valence-electron chi connectivity index (χ4n) is 8.30. The predicted octanol–water partition coefficient (Wildman–Crippen LogP) is 11.0. The van der Waals surface area contributed by atoms with Crippen molar-refractivity contribution in [3.63, 3.8) is 0 Å². The van der Waals surface area contributed by atoms with Crippen LogP contribution < -0.4 is 10.4 Å². The molecule has 2 heteroatoms.